The molecule has 1 amide bonds. The van der Waals surface area contributed by atoms with Gasteiger partial charge in [-0.05, 0) is 60.1 Å². The molecule has 0 bridgehead atoms. The second-order valence-electron chi connectivity index (χ2n) is 8.33. The Morgan fingerprint density at radius 1 is 0.906 bits per heavy atom. The number of aryl methyl sites for hydroxylation is 2. The molecule has 1 fully saturated rings. The molecule has 2 aromatic carbocycles. The molecule has 0 aromatic heterocycles. The fourth-order valence-electron chi connectivity index (χ4n) is 4.83. The molecule has 0 spiro atoms. The van der Waals surface area contributed by atoms with E-state index in [0.29, 0.717) is 34.4 Å². The molecule has 2 unspecified atom stereocenters. The lowest BCUT2D eigenvalue weighted by atomic mass is 9.86. The van der Waals surface area contributed by atoms with Gasteiger partial charge in [0, 0.05) is 12.2 Å². The first-order valence-electron chi connectivity index (χ1n) is 11.0. The van der Waals surface area contributed by atoms with Gasteiger partial charge in [-0.3, -0.25) is 14.5 Å². The Bertz CT molecular complexity index is 1110. The van der Waals surface area contributed by atoms with Crippen molar-refractivity contribution in [2.75, 3.05) is 20.0 Å². The summed E-state index contributed by atoms with van der Waals surface area (Å²) in [5.41, 5.74) is 4.31. The van der Waals surface area contributed by atoms with Crippen LogP contribution in [0.4, 0.5) is 0 Å². The van der Waals surface area contributed by atoms with Crippen molar-refractivity contribution in [1.82, 2.24) is 4.90 Å². The van der Waals surface area contributed by atoms with Gasteiger partial charge in [0.1, 0.15) is 12.1 Å². The molecule has 2 aliphatic heterocycles. The molecule has 166 valence electrons. The first-order chi connectivity index (χ1) is 15.6. The summed E-state index contributed by atoms with van der Waals surface area (Å²) < 4.78 is 10.8. The summed E-state index contributed by atoms with van der Waals surface area (Å²) in [7, 11) is 3.14. The van der Waals surface area contributed by atoms with Crippen LogP contribution in [0.3, 0.4) is 0 Å². The normalized spacial score (nSPS) is 22.7. The second-order valence-corrected chi connectivity index (χ2v) is 9.39. The molecule has 2 aromatic rings. The number of ether oxygens (including phenoxy) is 2. The number of aliphatic imine (C=N–C) groups is 1. The Morgan fingerprint density at radius 2 is 1.66 bits per heavy atom. The maximum absolute atomic E-state index is 13.9. The summed E-state index contributed by atoms with van der Waals surface area (Å²) in [5, 5.41) is 0.628. The van der Waals surface area contributed by atoms with Crippen molar-refractivity contribution >= 4 is 28.6 Å². The number of carbonyl (C=O) groups is 2. The summed E-state index contributed by atoms with van der Waals surface area (Å²) in [4.78, 5) is 33.1. The molecule has 3 aliphatic rings. The Labute approximate surface area is 192 Å². The van der Waals surface area contributed by atoms with Crippen LogP contribution in [0, 0.1) is 0 Å². The zero-order valence-electron chi connectivity index (χ0n) is 18.3. The van der Waals surface area contributed by atoms with Crippen molar-refractivity contribution in [2.24, 2.45) is 4.99 Å². The number of nitrogens with zero attached hydrogens (tertiary/aromatic N) is 2. The molecular weight excluding hydrogens is 424 g/mol. The number of ketones is 1. The molecule has 2 heterocycles. The highest BCUT2D eigenvalue weighted by Crippen LogP contribution is 2.42. The van der Waals surface area contributed by atoms with Gasteiger partial charge in [0.25, 0.3) is 0 Å². The lowest BCUT2D eigenvalue weighted by Gasteiger charge is -2.39. The van der Waals surface area contributed by atoms with Crippen LogP contribution in [0.15, 0.2) is 41.4 Å². The first kappa shape index (κ1) is 21.1. The Hall–Kier alpha value is -2.80. The summed E-state index contributed by atoms with van der Waals surface area (Å²) in [6.07, 6.45) is 4.92. The van der Waals surface area contributed by atoms with Gasteiger partial charge in [-0.1, -0.05) is 36.0 Å². The highest BCUT2D eigenvalue weighted by molar-refractivity contribution is 8.14. The largest absolute Gasteiger partial charge is 0.493 e. The van der Waals surface area contributed by atoms with Crippen LogP contribution >= 0.6 is 11.8 Å². The van der Waals surface area contributed by atoms with Crippen LogP contribution in [-0.2, 0) is 22.4 Å². The van der Waals surface area contributed by atoms with Gasteiger partial charge in [-0.25, -0.2) is 4.99 Å². The third-order valence-electron chi connectivity index (χ3n) is 6.47. The summed E-state index contributed by atoms with van der Waals surface area (Å²) in [5.74, 6) is 1.63. The lowest BCUT2D eigenvalue weighted by molar-refractivity contribution is -0.136. The van der Waals surface area contributed by atoms with E-state index < -0.39 is 12.1 Å². The van der Waals surface area contributed by atoms with E-state index in [9.17, 15) is 9.59 Å². The van der Waals surface area contributed by atoms with Gasteiger partial charge < -0.3 is 9.47 Å². The van der Waals surface area contributed by atoms with Crippen molar-refractivity contribution in [3.8, 4) is 11.5 Å². The zero-order valence-corrected chi connectivity index (χ0v) is 19.1. The Balaban J connectivity index is 1.60. The maximum Gasteiger partial charge on any atom is 0.230 e. The molecule has 0 radical (unpaired) electrons. The Kier molecular flexibility index (Phi) is 5.67. The fraction of sp³-hybridized carbons (Fsp3) is 0.400. The Morgan fingerprint density at radius 3 is 2.44 bits per heavy atom. The second kappa shape index (κ2) is 8.62. The number of fused-ring (bicyclic) bond motifs is 2. The molecule has 1 aliphatic carbocycles. The molecular formula is C25H26N2O4S. The number of benzene rings is 2. The van der Waals surface area contributed by atoms with Gasteiger partial charge >= 0.3 is 0 Å². The smallest absolute Gasteiger partial charge is 0.230 e. The van der Waals surface area contributed by atoms with Gasteiger partial charge in [0.2, 0.25) is 5.91 Å². The number of amides is 1. The fourth-order valence-corrected chi connectivity index (χ4v) is 5.82. The molecule has 7 heteroatoms. The van der Waals surface area contributed by atoms with Crippen molar-refractivity contribution in [2.45, 2.75) is 44.2 Å². The average molecular weight is 451 g/mol. The molecule has 0 N–H and O–H groups in total. The number of amidine groups is 1. The molecule has 5 rings (SSSR count). The number of Topliss-reactive ketones (excluding diaryl/α,β-unsaturated/α-hetero) is 1. The van der Waals surface area contributed by atoms with Gasteiger partial charge in [-0.15, -0.1) is 0 Å². The van der Waals surface area contributed by atoms with Crippen LogP contribution in [0.2, 0.25) is 0 Å². The van der Waals surface area contributed by atoms with Crippen molar-refractivity contribution in [3.05, 3.63) is 58.7 Å². The van der Waals surface area contributed by atoms with Crippen molar-refractivity contribution in [1.29, 1.82) is 0 Å². The monoisotopic (exact) mass is 450 g/mol. The van der Waals surface area contributed by atoms with Crippen LogP contribution < -0.4 is 9.47 Å². The highest BCUT2D eigenvalue weighted by atomic mass is 32.2. The van der Waals surface area contributed by atoms with E-state index in [1.54, 1.807) is 43.0 Å². The SMILES string of the molecule is COc1ccc(C2C(=O)C(c3ccc4c(c3)CCCC4)N=C3SCCC(=O)N32)cc1OC. The minimum absolute atomic E-state index is 0.0699. The van der Waals surface area contributed by atoms with E-state index in [1.165, 1.54) is 24.0 Å². The number of carbonyl (C=O) groups excluding carboxylic acids is 2. The van der Waals surface area contributed by atoms with Crippen LogP contribution in [0.5, 0.6) is 11.5 Å². The van der Waals surface area contributed by atoms with E-state index in [0.717, 1.165) is 18.4 Å². The summed E-state index contributed by atoms with van der Waals surface area (Å²) >= 11 is 1.54. The number of hydrogen-bond donors (Lipinski definition) is 0. The van der Waals surface area contributed by atoms with Crippen LogP contribution in [-0.4, -0.2) is 41.7 Å². The molecule has 6 nitrogen and oxygen atoms in total. The number of hydrogen-bond acceptors (Lipinski definition) is 6. The minimum Gasteiger partial charge on any atom is -0.493 e. The quantitative estimate of drug-likeness (QED) is 0.696. The summed E-state index contributed by atoms with van der Waals surface area (Å²) in [6.45, 7) is 0. The standard InChI is InChI=1S/C25H26N2O4S/c1-30-19-10-9-18(14-20(19)31-2)23-24(29)22(26-25-27(23)21(28)11-12-32-25)17-8-7-15-5-3-4-6-16(15)13-17/h7-10,13-14,22-23H,3-6,11-12H2,1-2H3. The van der Waals surface area contributed by atoms with Crippen LogP contribution in [0.25, 0.3) is 0 Å². The summed E-state index contributed by atoms with van der Waals surface area (Å²) in [6, 6.07) is 10.4. The third-order valence-corrected chi connectivity index (χ3v) is 7.44. The van der Waals surface area contributed by atoms with Gasteiger partial charge in [0.15, 0.2) is 22.4 Å². The van der Waals surface area contributed by atoms with E-state index in [4.69, 9.17) is 14.5 Å². The first-order valence-corrected chi connectivity index (χ1v) is 12.0. The molecule has 32 heavy (non-hydrogen) atoms. The maximum atomic E-state index is 13.9. The van der Waals surface area contributed by atoms with E-state index in [2.05, 4.69) is 12.1 Å². The van der Waals surface area contributed by atoms with E-state index >= 15 is 0 Å². The van der Waals surface area contributed by atoms with E-state index in [1.807, 2.05) is 12.1 Å². The van der Waals surface area contributed by atoms with Crippen LogP contribution in [0.1, 0.15) is 53.6 Å². The topological polar surface area (TPSA) is 68.2 Å². The predicted molar refractivity (Wildman–Crippen MR) is 124 cm³/mol. The van der Waals surface area contributed by atoms with E-state index in [-0.39, 0.29) is 11.7 Å². The zero-order chi connectivity index (χ0) is 22.2. The molecule has 2 atom stereocenters. The molecule has 1 saturated heterocycles. The number of methoxy groups -OCH3 is 2. The third kappa shape index (κ3) is 3.58. The molecule has 0 saturated carbocycles. The van der Waals surface area contributed by atoms with Crippen molar-refractivity contribution < 1.29 is 19.1 Å². The van der Waals surface area contributed by atoms with Gasteiger partial charge in [-0.2, -0.15) is 0 Å². The van der Waals surface area contributed by atoms with Crippen molar-refractivity contribution in [3.63, 3.8) is 0 Å². The number of thioether (sulfide) groups is 1. The predicted octanol–water partition coefficient (Wildman–Crippen LogP) is 4.27. The highest BCUT2D eigenvalue weighted by Gasteiger charge is 2.44. The minimum atomic E-state index is -0.733. The van der Waals surface area contributed by atoms with Gasteiger partial charge in [0.05, 0.1) is 14.2 Å². The lowest BCUT2D eigenvalue weighted by Crippen LogP contribution is -2.49. The average Bonchev–Trinajstić information content (AvgIpc) is 2.83. The number of rotatable bonds is 4.